The van der Waals surface area contributed by atoms with Gasteiger partial charge < -0.3 is 10.4 Å². The Hall–Kier alpha value is -1.60. The normalized spacial score (nSPS) is 16.4. The van der Waals surface area contributed by atoms with Gasteiger partial charge in [-0.15, -0.1) is 0 Å². The summed E-state index contributed by atoms with van der Waals surface area (Å²) in [5, 5.41) is 17.8. The third-order valence-corrected chi connectivity index (χ3v) is 5.48. The average molecular weight is 362 g/mol. The van der Waals surface area contributed by atoms with Gasteiger partial charge in [0.2, 0.25) is 0 Å². The summed E-state index contributed by atoms with van der Waals surface area (Å²) in [5.74, 6) is 0.734. The van der Waals surface area contributed by atoms with Gasteiger partial charge in [-0.2, -0.15) is 16.9 Å². The lowest BCUT2D eigenvalue weighted by molar-refractivity contribution is 0.0917. The van der Waals surface area contributed by atoms with Gasteiger partial charge >= 0.3 is 0 Å². The number of nitrogens with zero attached hydrogens (tertiary/aromatic N) is 3. The zero-order valence-corrected chi connectivity index (χ0v) is 15.7. The van der Waals surface area contributed by atoms with Crippen LogP contribution in [0.1, 0.15) is 54.2 Å². The fourth-order valence-electron chi connectivity index (χ4n) is 3.48. The molecule has 2 aromatic heterocycles. The maximum atomic E-state index is 12.8. The molecule has 2 N–H and O–H groups in total. The lowest BCUT2D eigenvalue weighted by atomic mass is 10.1. The number of aryl methyl sites for hydroxylation is 1. The summed E-state index contributed by atoms with van der Waals surface area (Å²) >= 11 is 1.70. The SMILES string of the molecule is CSCC[C@@H](CO)NC(=O)c1cc(C)nc2c1cnn2C1CCCC1. The second-order valence-electron chi connectivity index (χ2n) is 6.71. The highest BCUT2D eigenvalue weighted by Gasteiger charge is 2.23. The van der Waals surface area contributed by atoms with Crippen LogP contribution in [-0.2, 0) is 0 Å². The average Bonchev–Trinajstić information content (AvgIpc) is 3.26. The Morgan fingerprint density at radius 1 is 1.48 bits per heavy atom. The van der Waals surface area contributed by atoms with Crippen molar-refractivity contribution in [3.05, 3.63) is 23.5 Å². The predicted octanol–water partition coefficient (Wildman–Crippen LogP) is 2.70. The molecule has 1 atom stereocenters. The molecular formula is C18H26N4O2S. The fraction of sp³-hybridized carbons (Fsp3) is 0.611. The molecule has 3 rings (SSSR count). The Balaban J connectivity index is 1.89. The van der Waals surface area contributed by atoms with Crippen LogP contribution in [0.4, 0.5) is 0 Å². The Morgan fingerprint density at radius 3 is 2.92 bits per heavy atom. The van der Waals surface area contributed by atoms with E-state index in [1.807, 2.05) is 17.9 Å². The van der Waals surface area contributed by atoms with Crippen molar-refractivity contribution in [3.8, 4) is 0 Å². The van der Waals surface area contributed by atoms with Gasteiger partial charge in [0.1, 0.15) is 0 Å². The summed E-state index contributed by atoms with van der Waals surface area (Å²) in [5.41, 5.74) is 2.19. The molecule has 0 aromatic carbocycles. The molecule has 6 nitrogen and oxygen atoms in total. The number of thioether (sulfide) groups is 1. The summed E-state index contributed by atoms with van der Waals surface area (Å²) in [6, 6.07) is 1.96. The van der Waals surface area contributed by atoms with Crippen molar-refractivity contribution in [3.63, 3.8) is 0 Å². The second kappa shape index (κ2) is 8.19. The van der Waals surface area contributed by atoms with E-state index < -0.39 is 0 Å². The number of carbonyl (C=O) groups is 1. The zero-order valence-electron chi connectivity index (χ0n) is 14.9. The molecule has 1 saturated carbocycles. The lowest BCUT2D eigenvalue weighted by Gasteiger charge is -2.16. The number of pyridine rings is 1. The third kappa shape index (κ3) is 3.98. The third-order valence-electron chi connectivity index (χ3n) is 4.84. The molecule has 0 spiro atoms. The zero-order chi connectivity index (χ0) is 17.8. The van der Waals surface area contributed by atoms with E-state index in [1.54, 1.807) is 24.0 Å². The number of amides is 1. The largest absolute Gasteiger partial charge is 0.394 e. The monoisotopic (exact) mass is 362 g/mol. The van der Waals surface area contributed by atoms with E-state index in [-0.39, 0.29) is 18.6 Å². The topological polar surface area (TPSA) is 80.0 Å². The number of carbonyl (C=O) groups excluding carboxylic acids is 1. The van der Waals surface area contributed by atoms with E-state index in [9.17, 15) is 9.90 Å². The van der Waals surface area contributed by atoms with Gasteiger partial charge in [-0.3, -0.25) is 4.79 Å². The molecule has 0 saturated heterocycles. The number of nitrogens with one attached hydrogen (secondary N) is 1. The number of hydrogen-bond acceptors (Lipinski definition) is 5. The molecule has 1 amide bonds. The smallest absolute Gasteiger partial charge is 0.252 e. The maximum absolute atomic E-state index is 12.8. The van der Waals surface area contributed by atoms with Crippen molar-refractivity contribution in [2.45, 2.75) is 51.1 Å². The van der Waals surface area contributed by atoms with Crippen LogP contribution in [-0.4, -0.2) is 50.4 Å². The van der Waals surface area contributed by atoms with Gasteiger partial charge in [0.05, 0.1) is 35.8 Å². The van der Waals surface area contributed by atoms with Crippen molar-refractivity contribution in [1.82, 2.24) is 20.1 Å². The molecule has 1 fully saturated rings. The van der Waals surface area contributed by atoms with E-state index in [0.717, 1.165) is 41.7 Å². The number of hydrogen-bond donors (Lipinski definition) is 2. The Morgan fingerprint density at radius 2 is 2.24 bits per heavy atom. The minimum absolute atomic E-state index is 0.0547. The maximum Gasteiger partial charge on any atom is 0.252 e. The number of aromatic nitrogens is 3. The van der Waals surface area contributed by atoms with Crippen molar-refractivity contribution >= 4 is 28.7 Å². The van der Waals surface area contributed by atoms with Gasteiger partial charge in [0.15, 0.2) is 5.65 Å². The Labute approximate surface area is 152 Å². The molecule has 136 valence electrons. The fourth-order valence-corrected chi connectivity index (χ4v) is 4.00. The van der Waals surface area contributed by atoms with Crippen LogP contribution >= 0.6 is 11.8 Å². The van der Waals surface area contributed by atoms with Crippen LogP contribution in [0, 0.1) is 6.92 Å². The van der Waals surface area contributed by atoms with Crippen molar-refractivity contribution in [2.75, 3.05) is 18.6 Å². The molecule has 7 heteroatoms. The minimum atomic E-state index is -0.228. The number of rotatable bonds is 7. The number of aliphatic hydroxyl groups is 1. The first-order valence-electron chi connectivity index (χ1n) is 8.89. The van der Waals surface area contributed by atoms with Gasteiger partial charge in [-0.05, 0) is 44.3 Å². The Kier molecular flexibility index (Phi) is 5.96. The Bertz CT molecular complexity index is 740. The quantitative estimate of drug-likeness (QED) is 0.792. The van der Waals surface area contributed by atoms with E-state index in [2.05, 4.69) is 15.4 Å². The molecule has 0 aliphatic heterocycles. The van der Waals surface area contributed by atoms with Gasteiger partial charge in [0.25, 0.3) is 5.91 Å². The first kappa shape index (κ1) is 18.2. The number of fused-ring (bicyclic) bond motifs is 1. The van der Waals surface area contributed by atoms with E-state index in [4.69, 9.17) is 0 Å². The molecular weight excluding hydrogens is 336 g/mol. The first-order chi connectivity index (χ1) is 12.1. The van der Waals surface area contributed by atoms with Crippen LogP contribution in [0.5, 0.6) is 0 Å². The predicted molar refractivity (Wildman–Crippen MR) is 101 cm³/mol. The highest BCUT2D eigenvalue weighted by molar-refractivity contribution is 7.98. The van der Waals surface area contributed by atoms with E-state index >= 15 is 0 Å². The minimum Gasteiger partial charge on any atom is -0.394 e. The highest BCUT2D eigenvalue weighted by Crippen LogP contribution is 2.32. The van der Waals surface area contributed by atoms with Crippen molar-refractivity contribution < 1.29 is 9.90 Å². The van der Waals surface area contributed by atoms with Gasteiger partial charge in [-0.25, -0.2) is 9.67 Å². The van der Waals surface area contributed by atoms with Crippen LogP contribution < -0.4 is 5.32 Å². The van der Waals surface area contributed by atoms with Crippen LogP contribution in [0.2, 0.25) is 0 Å². The van der Waals surface area contributed by atoms with Crippen LogP contribution in [0.15, 0.2) is 12.3 Å². The highest BCUT2D eigenvalue weighted by atomic mass is 32.2. The summed E-state index contributed by atoms with van der Waals surface area (Å²) in [4.78, 5) is 17.4. The standard InChI is InChI=1S/C18H26N4O2S/c1-12-9-15(18(24)21-13(11-23)7-8-25-2)16-10-19-22(17(16)20-12)14-5-3-4-6-14/h9-10,13-14,23H,3-8,11H2,1-2H3,(H,21,24)/t13-/m0/s1. The van der Waals surface area contributed by atoms with Crippen molar-refractivity contribution in [1.29, 1.82) is 0 Å². The summed E-state index contributed by atoms with van der Waals surface area (Å²) in [7, 11) is 0. The molecule has 0 radical (unpaired) electrons. The molecule has 2 aromatic rings. The lowest BCUT2D eigenvalue weighted by Crippen LogP contribution is -2.38. The van der Waals surface area contributed by atoms with Gasteiger partial charge in [-0.1, -0.05) is 12.8 Å². The summed E-state index contributed by atoms with van der Waals surface area (Å²) in [6.07, 6.45) is 9.20. The van der Waals surface area contributed by atoms with Gasteiger partial charge in [0, 0.05) is 5.69 Å². The van der Waals surface area contributed by atoms with E-state index in [0.29, 0.717) is 11.6 Å². The first-order valence-corrected chi connectivity index (χ1v) is 10.3. The summed E-state index contributed by atoms with van der Waals surface area (Å²) in [6.45, 7) is 1.85. The van der Waals surface area contributed by atoms with E-state index in [1.165, 1.54) is 12.8 Å². The second-order valence-corrected chi connectivity index (χ2v) is 7.70. The summed E-state index contributed by atoms with van der Waals surface area (Å²) < 4.78 is 1.99. The van der Waals surface area contributed by atoms with Crippen LogP contribution in [0.25, 0.3) is 11.0 Å². The molecule has 25 heavy (non-hydrogen) atoms. The number of aliphatic hydroxyl groups excluding tert-OH is 1. The van der Waals surface area contributed by atoms with Crippen molar-refractivity contribution in [2.24, 2.45) is 0 Å². The molecule has 1 aliphatic rings. The molecule has 0 unspecified atom stereocenters. The molecule has 0 bridgehead atoms. The van der Waals surface area contributed by atoms with Crippen LogP contribution in [0.3, 0.4) is 0 Å². The molecule has 2 heterocycles. The molecule has 1 aliphatic carbocycles.